The molecular formula is C69H72N6. The monoisotopic (exact) mass is 985 g/mol. The number of para-hydroxylation sites is 1. The topological polar surface area (TPSA) is 69.4 Å². The summed E-state index contributed by atoms with van der Waals surface area (Å²) in [5.74, 6) is 2.40. The third-order valence-corrected chi connectivity index (χ3v) is 14.6. The molecule has 3 heterocycles. The standard InChI is InChI=1S/C69H72N6/c1-65(2,3)48-31-33-59-54(41-48)53-28-22-23-29-58(53)75(59)60-32-30-45(61-70-56(43-24-18-16-19-25-43)42-57(71-61)44-26-20-17-21-27-44)38-55(60)64-73-62(46-34-49(66(4,5)6)39-50(35-46)67(7,8)9)72-63(74-64)47-36-51(68(10,11)12)40-52(37-47)69(13,14)15/h16-42H,1-15H3. The van der Waals surface area contributed by atoms with Gasteiger partial charge < -0.3 is 4.57 Å². The molecule has 0 saturated heterocycles. The molecule has 0 spiro atoms. The van der Waals surface area contributed by atoms with E-state index < -0.39 is 0 Å². The van der Waals surface area contributed by atoms with Crippen molar-refractivity contribution in [3.63, 3.8) is 0 Å². The maximum atomic E-state index is 5.65. The first-order chi connectivity index (χ1) is 35.3. The number of hydrogen-bond acceptors (Lipinski definition) is 5. The molecule has 0 saturated carbocycles. The summed E-state index contributed by atoms with van der Waals surface area (Å²) in [6, 6.07) is 59.0. The minimum Gasteiger partial charge on any atom is -0.309 e. The second kappa shape index (κ2) is 18.7. The summed E-state index contributed by atoms with van der Waals surface area (Å²) in [7, 11) is 0. The highest BCUT2D eigenvalue weighted by molar-refractivity contribution is 6.10. The average molecular weight is 985 g/mol. The summed E-state index contributed by atoms with van der Waals surface area (Å²) in [6.07, 6.45) is 0. The fourth-order valence-corrected chi connectivity index (χ4v) is 9.84. The van der Waals surface area contributed by atoms with Crippen molar-refractivity contribution in [1.82, 2.24) is 29.5 Å². The molecule has 75 heavy (non-hydrogen) atoms. The number of fused-ring (bicyclic) bond motifs is 3. The fourth-order valence-electron chi connectivity index (χ4n) is 9.84. The van der Waals surface area contributed by atoms with Crippen LogP contribution in [-0.2, 0) is 27.1 Å². The van der Waals surface area contributed by atoms with Crippen LogP contribution >= 0.6 is 0 Å². The summed E-state index contributed by atoms with van der Waals surface area (Å²) < 4.78 is 2.39. The van der Waals surface area contributed by atoms with E-state index >= 15 is 0 Å². The lowest BCUT2D eigenvalue weighted by atomic mass is 9.79. The van der Waals surface area contributed by atoms with Crippen LogP contribution in [0.1, 0.15) is 132 Å². The lowest BCUT2D eigenvalue weighted by molar-refractivity contribution is 0.568. The molecule has 0 N–H and O–H groups in total. The first-order valence-corrected chi connectivity index (χ1v) is 26.6. The minimum absolute atomic E-state index is 0.0386. The van der Waals surface area contributed by atoms with Crippen molar-refractivity contribution in [3.05, 3.63) is 192 Å². The van der Waals surface area contributed by atoms with Gasteiger partial charge in [0.2, 0.25) is 0 Å². The predicted molar refractivity (Wildman–Crippen MR) is 316 cm³/mol. The third-order valence-electron chi connectivity index (χ3n) is 14.6. The Labute approximate surface area is 445 Å². The molecule has 6 heteroatoms. The normalized spacial score (nSPS) is 12.7. The SMILES string of the molecule is CC(C)(C)c1cc(-c2nc(-c3cc(C(C)(C)C)cc(C(C)(C)C)c3)nc(-c3cc(-c4nc(-c5ccccc5)cc(-c5ccccc5)n4)ccc3-n3c4ccccc4c4cc(C(C)(C)C)ccc43)n2)cc(C(C)(C)C)c1. The summed E-state index contributed by atoms with van der Waals surface area (Å²) in [5.41, 5.74) is 16.1. The zero-order valence-corrected chi connectivity index (χ0v) is 46.8. The largest absolute Gasteiger partial charge is 0.309 e. The second-order valence-corrected chi connectivity index (χ2v) is 25.7. The van der Waals surface area contributed by atoms with Gasteiger partial charge in [0.15, 0.2) is 23.3 Å². The lowest BCUT2D eigenvalue weighted by Crippen LogP contribution is -2.17. The molecule has 0 aliphatic carbocycles. The average Bonchev–Trinajstić information content (AvgIpc) is 3.71. The highest BCUT2D eigenvalue weighted by atomic mass is 15.1. The Bertz CT molecular complexity index is 3550. The quantitative estimate of drug-likeness (QED) is 0.159. The fraction of sp³-hybridized carbons (Fsp3) is 0.290. The van der Waals surface area contributed by atoms with Crippen LogP contribution in [0, 0.1) is 0 Å². The molecule has 7 aromatic carbocycles. The van der Waals surface area contributed by atoms with E-state index in [1.807, 2.05) is 12.1 Å². The molecule has 0 fully saturated rings. The third kappa shape index (κ3) is 10.3. The van der Waals surface area contributed by atoms with E-state index in [1.54, 1.807) is 0 Å². The summed E-state index contributed by atoms with van der Waals surface area (Å²) >= 11 is 0. The molecule has 6 nitrogen and oxygen atoms in total. The van der Waals surface area contributed by atoms with Crippen LogP contribution in [0.3, 0.4) is 0 Å². The van der Waals surface area contributed by atoms with Gasteiger partial charge in [-0.05, 0) is 122 Å². The van der Waals surface area contributed by atoms with E-state index in [-0.39, 0.29) is 27.1 Å². The Morgan fingerprint density at radius 1 is 0.280 bits per heavy atom. The molecular weight excluding hydrogens is 913 g/mol. The van der Waals surface area contributed by atoms with Gasteiger partial charge in [0.25, 0.3) is 0 Å². The number of aromatic nitrogens is 6. The highest BCUT2D eigenvalue weighted by Crippen LogP contribution is 2.42. The van der Waals surface area contributed by atoms with Crippen LogP contribution < -0.4 is 0 Å². The second-order valence-electron chi connectivity index (χ2n) is 25.7. The maximum Gasteiger partial charge on any atom is 0.166 e. The zero-order valence-electron chi connectivity index (χ0n) is 46.8. The van der Waals surface area contributed by atoms with E-state index in [0.717, 1.165) is 61.5 Å². The van der Waals surface area contributed by atoms with Gasteiger partial charge in [0.05, 0.1) is 28.1 Å². The van der Waals surface area contributed by atoms with Crippen molar-refractivity contribution < 1.29 is 0 Å². The molecule has 10 aromatic rings. The van der Waals surface area contributed by atoms with Crippen molar-refractivity contribution in [2.45, 2.75) is 131 Å². The van der Waals surface area contributed by atoms with Gasteiger partial charge >= 0.3 is 0 Å². The molecule has 378 valence electrons. The van der Waals surface area contributed by atoms with E-state index in [2.05, 4.69) is 260 Å². The Morgan fingerprint density at radius 3 is 1.16 bits per heavy atom. The summed E-state index contributed by atoms with van der Waals surface area (Å²) in [5, 5.41) is 2.37. The molecule has 10 rings (SSSR count). The Hall–Kier alpha value is -7.57. The van der Waals surface area contributed by atoms with Gasteiger partial charge in [-0.2, -0.15) is 0 Å². The van der Waals surface area contributed by atoms with Crippen LogP contribution in [-0.4, -0.2) is 29.5 Å². The van der Waals surface area contributed by atoms with Crippen LogP contribution in [0.2, 0.25) is 0 Å². The van der Waals surface area contributed by atoms with Gasteiger partial charge in [0, 0.05) is 44.2 Å². The lowest BCUT2D eigenvalue weighted by Gasteiger charge is -2.26. The van der Waals surface area contributed by atoms with Crippen LogP contribution in [0.4, 0.5) is 0 Å². The zero-order chi connectivity index (χ0) is 53.4. The van der Waals surface area contributed by atoms with Crippen molar-refractivity contribution in [1.29, 1.82) is 0 Å². The van der Waals surface area contributed by atoms with Gasteiger partial charge in [-0.15, -0.1) is 0 Å². The first-order valence-electron chi connectivity index (χ1n) is 26.6. The minimum atomic E-state index is -0.130. The van der Waals surface area contributed by atoms with Gasteiger partial charge in [-0.3, -0.25) is 0 Å². The van der Waals surface area contributed by atoms with Crippen molar-refractivity contribution in [3.8, 4) is 73.8 Å². The van der Waals surface area contributed by atoms with Crippen molar-refractivity contribution >= 4 is 21.8 Å². The number of nitrogens with zero attached hydrogens (tertiary/aromatic N) is 6. The number of benzene rings is 7. The molecule has 0 atom stereocenters. The molecule has 0 unspecified atom stereocenters. The molecule has 0 aliphatic rings. The molecule has 0 bridgehead atoms. The Kier molecular flexibility index (Phi) is 12.7. The van der Waals surface area contributed by atoms with Crippen LogP contribution in [0.5, 0.6) is 0 Å². The van der Waals surface area contributed by atoms with Gasteiger partial charge in [-0.25, -0.2) is 24.9 Å². The van der Waals surface area contributed by atoms with E-state index in [0.29, 0.717) is 23.3 Å². The molecule has 0 radical (unpaired) electrons. The van der Waals surface area contributed by atoms with Crippen LogP contribution in [0.25, 0.3) is 95.6 Å². The van der Waals surface area contributed by atoms with Gasteiger partial charge in [0.1, 0.15) is 0 Å². The maximum absolute atomic E-state index is 5.65. The van der Waals surface area contributed by atoms with Crippen molar-refractivity contribution in [2.75, 3.05) is 0 Å². The summed E-state index contributed by atoms with van der Waals surface area (Å²) in [4.78, 5) is 27.5. The molecule has 0 aliphatic heterocycles. The Morgan fingerprint density at radius 2 is 0.693 bits per heavy atom. The summed E-state index contributed by atoms with van der Waals surface area (Å²) in [6.45, 7) is 34.2. The first kappa shape index (κ1) is 50.9. The van der Waals surface area contributed by atoms with Crippen LogP contribution in [0.15, 0.2) is 164 Å². The highest BCUT2D eigenvalue weighted by Gasteiger charge is 2.27. The number of rotatable bonds is 7. The molecule has 0 amide bonds. The van der Waals surface area contributed by atoms with E-state index in [9.17, 15) is 0 Å². The van der Waals surface area contributed by atoms with E-state index in [1.165, 1.54) is 38.6 Å². The molecule has 3 aromatic heterocycles. The van der Waals surface area contributed by atoms with Gasteiger partial charge in [-0.1, -0.05) is 201 Å². The number of hydrogen-bond donors (Lipinski definition) is 0. The predicted octanol–water partition coefficient (Wildman–Crippen LogP) is 18.2. The Balaban J connectivity index is 1.33. The van der Waals surface area contributed by atoms with E-state index in [4.69, 9.17) is 24.9 Å². The van der Waals surface area contributed by atoms with Crippen molar-refractivity contribution in [2.24, 2.45) is 0 Å². The smallest absolute Gasteiger partial charge is 0.166 e.